The van der Waals surface area contributed by atoms with Gasteiger partial charge in [-0.1, -0.05) is 13.8 Å². The minimum atomic E-state index is 0.615. The van der Waals surface area contributed by atoms with Gasteiger partial charge in [0, 0.05) is 24.3 Å². The molecule has 2 rings (SSSR count). The van der Waals surface area contributed by atoms with Gasteiger partial charge in [-0.05, 0) is 12.8 Å². The number of nitrogens with one attached hydrogen (secondary N) is 1. The molecule has 0 radical (unpaired) electrons. The van der Waals surface area contributed by atoms with E-state index in [-0.39, 0.29) is 0 Å². The summed E-state index contributed by atoms with van der Waals surface area (Å²) in [5.74, 6) is 1.55. The number of thiazole rings is 1. The zero-order valence-electron chi connectivity index (χ0n) is 10.5. The maximum Gasteiger partial charge on any atom is 0.203 e. The van der Waals surface area contributed by atoms with E-state index in [0.717, 1.165) is 29.7 Å². The zero-order valence-corrected chi connectivity index (χ0v) is 11.3. The molecule has 0 unspecified atom stereocenters. The Balaban J connectivity index is 2.04. The number of aromatic nitrogens is 3. The van der Waals surface area contributed by atoms with Crippen LogP contribution in [0, 0.1) is 12.8 Å². The molecule has 17 heavy (non-hydrogen) atoms. The van der Waals surface area contributed by atoms with Crippen molar-refractivity contribution in [2.45, 2.75) is 33.9 Å². The lowest BCUT2D eigenvalue weighted by molar-refractivity contribution is 0.526. The standard InChI is InChI=1S/C12H18N4S/c1-9(2)7-16-8-10(3)15-12(16)14-6-11-13-4-5-17-11/h4-5,8-9H,6-7H2,1-3H3,(H,14,15). The Morgan fingerprint density at radius 1 is 1.47 bits per heavy atom. The number of aryl methyl sites for hydroxylation is 1. The summed E-state index contributed by atoms with van der Waals surface area (Å²) in [7, 11) is 0. The second-order valence-corrected chi connectivity index (χ2v) is 5.51. The van der Waals surface area contributed by atoms with E-state index >= 15 is 0 Å². The molecule has 5 heteroatoms. The summed E-state index contributed by atoms with van der Waals surface area (Å²) in [6.45, 7) is 8.17. The number of rotatable bonds is 5. The summed E-state index contributed by atoms with van der Waals surface area (Å²) in [6, 6.07) is 0. The lowest BCUT2D eigenvalue weighted by Gasteiger charge is -2.10. The van der Waals surface area contributed by atoms with Gasteiger partial charge in [-0.3, -0.25) is 0 Å². The predicted octanol–water partition coefficient (Wildman–Crippen LogP) is 2.92. The van der Waals surface area contributed by atoms with Crippen LogP contribution in [0.5, 0.6) is 0 Å². The van der Waals surface area contributed by atoms with Crippen molar-refractivity contribution in [1.82, 2.24) is 14.5 Å². The fourth-order valence-corrected chi connectivity index (χ4v) is 2.27. The van der Waals surface area contributed by atoms with Crippen molar-refractivity contribution in [3.05, 3.63) is 28.5 Å². The van der Waals surface area contributed by atoms with Crippen LogP contribution in [0.1, 0.15) is 24.5 Å². The fourth-order valence-electron chi connectivity index (χ4n) is 1.72. The Bertz CT molecular complexity index is 459. The molecule has 4 nitrogen and oxygen atoms in total. The van der Waals surface area contributed by atoms with Gasteiger partial charge >= 0.3 is 0 Å². The van der Waals surface area contributed by atoms with Gasteiger partial charge in [0.25, 0.3) is 0 Å². The topological polar surface area (TPSA) is 42.7 Å². The molecule has 0 atom stereocenters. The third kappa shape index (κ3) is 3.30. The van der Waals surface area contributed by atoms with Gasteiger partial charge in [0.2, 0.25) is 5.95 Å². The normalized spacial score (nSPS) is 11.1. The second-order valence-electron chi connectivity index (χ2n) is 4.53. The highest BCUT2D eigenvalue weighted by Gasteiger charge is 2.07. The monoisotopic (exact) mass is 250 g/mol. The van der Waals surface area contributed by atoms with Gasteiger partial charge in [0.05, 0.1) is 12.2 Å². The van der Waals surface area contributed by atoms with Crippen molar-refractivity contribution in [2.75, 3.05) is 5.32 Å². The summed E-state index contributed by atoms with van der Waals surface area (Å²) in [6.07, 6.45) is 3.91. The SMILES string of the molecule is Cc1cn(CC(C)C)c(NCc2nccs2)n1. The molecule has 1 N–H and O–H groups in total. The molecule has 0 spiro atoms. The van der Waals surface area contributed by atoms with Crippen molar-refractivity contribution < 1.29 is 0 Å². The largest absolute Gasteiger partial charge is 0.349 e. The average Bonchev–Trinajstić information content (AvgIpc) is 2.84. The lowest BCUT2D eigenvalue weighted by Crippen LogP contribution is -2.10. The van der Waals surface area contributed by atoms with Crippen molar-refractivity contribution in [3.8, 4) is 0 Å². The average molecular weight is 250 g/mol. The minimum Gasteiger partial charge on any atom is -0.349 e. The van der Waals surface area contributed by atoms with Crippen LogP contribution >= 0.6 is 11.3 Å². The van der Waals surface area contributed by atoms with E-state index in [2.05, 4.69) is 39.9 Å². The highest BCUT2D eigenvalue weighted by Crippen LogP contribution is 2.13. The summed E-state index contributed by atoms with van der Waals surface area (Å²) >= 11 is 1.66. The van der Waals surface area contributed by atoms with E-state index in [9.17, 15) is 0 Å². The third-order valence-electron chi connectivity index (χ3n) is 2.34. The van der Waals surface area contributed by atoms with Crippen LogP contribution in [0.15, 0.2) is 17.8 Å². The van der Waals surface area contributed by atoms with Crippen LogP contribution in [-0.2, 0) is 13.1 Å². The van der Waals surface area contributed by atoms with Crippen LogP contribution in [0.25, 0.3) is 0 Å². The molecule has 2 aromatic rings. The molecular formula is C12H18N4S. The highest BCUT2D eigenvalue weighted by atomic mass is 32.1. The molecule has 0 saturated carbocycles. The third-order valence-corrected chi connectivity index (χ3v) is 3.12. The first-order valence-electron chi connectivity index (χ1n) is 5.81. The number of nitrogens with zero attached hydrogens (tertiary/aromatic N) is 3. The Kier molecular flexibility index (Phi) is 3.78. The number of anilines is 1. The second kappa shape index (κ2) is 5.31. The summed E-state index contributed by atoms with van der Waals surface area (Å²) in [5.41, 5.74) is 1.05. The molecule has 0 amide bonds. The van der Waals surface area contributed by atoms with Gasteiger partial charge in [-0.2, -0.15) is 0 Å². The first-order valence-corrected chi connectivity index (χ1v) is 6.69. The molecule has 0 aliphatic rings. The quantitative estimate of drug-likeness (QED) is 0.887. The van der Waals surface area contributed by atoms with Crippen LogP contribution in [0.2, 0.25) is 0 Å². The Morgan fingerprint density at radius 3 is 2.94 bits per heavy atom. The number of hydrogen-bond acceptors (Lipinski definition) is 4. The van der Waals surface area contributed by atoms with Crippen molar-refractivity contribution in [1.29, 1.82) is 0 Å². The Hall–Kier alpha value is -1.36. The fraction of sp³-hybridized carbons (Fsp3) is 0.500. The highest BCUT2D eigenvalue weighted by molar-refractivity contribution is 7.09. The van der Waals surface area contributed by atoms with Crippen molar-refractivity contribution in [2.24, 2.45) is 5.92 Å². The first kappa shape index (κ1) is 12.1. The van der Waals surface area contributed by atoms with Crippen LogP contribution < -0.4 is 5.32 Å². The van der Waals surface area contributed by atoms with Crippen LogP contribution in [-0.4, -0.2) is 14.5 Å². The molecule has 2 aromatic heterocycles. The predicted molar refractivity (Wildman–Crippen MR) is 71.2 cm³/mol. The molecular weight excluding hydrogens is 232 g/mol. The first-order chi connectivity index (χ1) is 8.15. The molecule has 0 aromatic carbocycles. The molecule has 0 bridgehead atoms. The zero-order chi connectivity index (χ0) is 12.3. The van der Waals surface area contributed by atoms with Crippen molar-refractivity contribution >= 4 is 17.3 Å². The van der Waals surface area contributed by atoms with Gasteiger partial charge < -0.3 is 9.88 Å². The van der Waals surface area contributed by atoms with Crippen LogP contribution in [0.4, 0.5) is 5.95 Å². The molecule has 0 aliphatic heterocycles. The molecule has 0 aliphatic carbocycles. The summed E-state index contributed by atoms with van der Waals surface area (Å²) in [5, 5.41) is 6.42. The van der Waals surface area contributed by atoms with Gasteiger partial charge in [-0.25, -0.2) is 9.97 Å². The van der Waals surface area contributed by atoms with E-state index in [4.69, 9.17) is 0 Å². The van der Waals surface area contributed by atoms with Gasteiger partial charge in [0.1, 0.15) is 5.01 Å². The van der Waals surface area contributed by atoms with E-state index in [1.54, 1.807) is 11.3 Å². The maximum atomic E-state index is 4.49. The lowest BCUT2D eigenvalue weighted by atomic mass is 10.2. The Labute approximate surface area is 106 Å². The molecule has 0 fully saturated rings. The van der Waals surface area contributed by atoms with E-state index in [0.29, 0.717) is 5.92 Å². The van der Waals surface area contributed by atoms with Crippen molar-refractivity contribution in [3.63, 3.8) is 0 Å². The van der Waals surface area contributed by atoms with E-state index in [1.165, 1.54) is 0 Å². The Morgan fingerprint density at radius 2 is 2.29 bits per heavy atom. The van der Waals surface area contributed by atoms with Gasteiger partial charge in [-0.15, -0.1) is 11.3 Å². The smallest absolute Gasteiger partial charge is 0.203 e. The number of imidazole rings is 1. The van der Waals surface area contributed by atoms with Gasteiger partial charge in [0.15, 0.2) is 0 Å². The summed E-state index contributed by atoms with van der Waals surface area (Å²) < 4.78 is 2.17. The summed E-state index contributed by atoms with van der Waals surface area (Å²) in [4.78, 5) is 8.74. The molecule has 0 saturated heterocycles. The molecule has 92 valence electrons. The maximum absolute atomic E-state index is 4.49. The van der Waals surface area contributed by atoms with E-state index in [1.807, 2.05) is 18.5 Å². The number of hydrogen-bond donors (Lipinski definition) is 1. The minimum absolute atomic E-state index is 0.615. The van der Waals surface area contributed by atoms with Crippen LogP contribution in [0.3, 0.4) is 0 Å². The van der Waals surface area contributed by atoms with E-state index < -0.39 is 0 Å². The molecule has 2 heterocycles.